The maximum Gasteiger partial charge on any atom is 0.280 e. The zero-order valence-corrected chi connectivity index (χ0v) is 14.9. The number of benzene rings is 1. The van der Waals surface area contributed by atoms with Crippen molar-refractivity contribution in [3.63, 3.8) is 0 Å². The summed E-state index contributed by atoms with van der Waals surface area (Å²) in [6.07, 6.45) is 6.23. The molecule has 0 radical (unpaired) electrons. The quantitative estimate of drug-likeness (QED) is 0.911. The summed E-state index contributed by atoms with van der Waals surface area (Å²) < 4.78 is 29.6. The lowest BCUT2D eigenvalue weighted by Crippen LogP contribution is -2.41. The van der Waals surface area contributed by atoms with Gasteiger partial charge in [-0.1, -0.05) is 30.3 Å². The van der Waals surface area contributed by atoms with E-state index in [2.05, 4.69) is 9.71 Å². The van der Waals surface area contributed by atoms with Crippen LogP contribution < -0.4 is 4.72 Å². The zero-order chi connectivity index (χ0) is 17.3. The van der Waals surface area contributed by atoms with Crippen LogP contribution in [0, 0.1) is 0 Å². The third kappa shape index (κ3) is 3.44. The fourth-order valence-electron chi connectivity index (χ4n) is 3.58. The third-order valence-electron chi connectivity index (χ3n) is 4.91. The molecule has 1 aliphatic heterocycles. The van der Waals surface area contributed by atoms with Crippen LogP contribution in [0.1, 0.15) is 43.0 Å². The zero-order valence-electron chi connectivity index (χ0n) is 14.1. The van der Waals surface area contributed by atoms with Crippen LogP contribution in [0.4, 0.5) is 0 Å². The first-order valence-electron chi connectivity index (χ1n) is 8.82. The number of aryl methyl sites for hydroxylation is 1. The number of nitrogens with zero attached hydrogens (tertiary/aromatic N) is 3. The van der Waals surface area contributed by atoms with Crippen LogP contribution in [0.15, 0.2) is 36.5 Å². The Bertz CT molecular complexity index is 849. The SMILES string of the molecule is O=S(=O)(N[C@@H]1CCCc2nc(-c3ccccc3)ncc21)N1CCCC1. The molecule has 25 heavy (non-hydrogen) atoms. The molecule has 1 fully saturated rings. The van der Waals surface area contributed by atoms with Gasteiger partial charge < -0.3 is 0 Å². The molecule has 2 aliphatic rings. The summed E-state index contributed by atoms with van der Waals surface area (Å²) in [7, 11) is -3.44. The highest BCUT2D eigenvalue weighted by atomic mass is 32.2. The fraction of sp³-hybridized carbons (Fsp3) is 0.444. The van der Waals surface area contributed by atoms with E-state index in [4.69, 9.17) is 4.98 Å². The van der Waals surface area contributed by atoms with Crippen molar-refractivity contribution >= 4 is 10.2 Å². The molecular weight excluding hydrogens is 336 g/mol. The molecule has 0 spiro atoms. The molecule has 0 saturated carbocycles. The molecule has 0 bridgehead atoms. The van der Waals surface area contributed by atoms with Gasteiger partial charge in [-0.25, -0.2) is 9.97 Å². The van der Waals surface area contributed by atoms with Crippen molar-refractivity contribution in [2.75, 3.05) is 13.1 Å². The predicted octanol–water partition coefficient (Wildman–Crippen LogP) is 2.45. The molecule has 1 saturated heterocycles. The molecule has 6 nitrogen and oxygen atoms in total. The summed E-state index contributed by atoms with van der Waals surface area (Å²) in [5, 5.41) is 0. The normalized spacial score (nSPS) is 21.2. The van der Waals surface area contributed by atoms with Crippen molar-refractivity contribution in [3.05, 3.63) is 47.8 Å². The summed E-state index contributed by atoms with van der Waals surface area (Å²) in [6, 6.07) is 9.62. The molecule has 4 rings (SSSR count). The highest BCUT2D eigenvalue weighted by molar-refractivity contribution is 7.87. The first kappa shape index (κ1) is 16.6. The maximum atomic E-state index is 12.6. The Kier molecular flexibility index (Phi) is 4.54. The van der Waals surface area contributed by atoms with Crippen LogP contribution >= 0.6 is 0 Å². The van der Waals surface area contributed by atoms with E-state index in [1.54, 1.807) is 10.5 Å². The van der Waals surface area contributed by atoms with Crippen molar-refractivity contribution in [2.24, 2.45) is 0 Å². The molecule has 0 amide bonds. The van der Waals surface area contributed by atoms with Gasteiger partial charge >= 0.3 is 0 Å². The molecule has 1 aromatic heterocycles. The van der Waals surface area contributed by atoms with Crippen LogP contribution in [-0.2, 0) is 16.6 Å². The summed E-state index contributed by atoms with van der Waals surface area (Å²) in [5.74, 6) is 0.697. The van der Waals surface area contributed by atoms with Crippen LogP contribution in [-0.4, -0.2) is 35.8 Å². The first-order chi connectivity index (χ1) is 12.1. The summed E-state index contributed by atoms with van der Waals surface area (Å²) in [5.41, 5.74) is 2.84. The molecule has 0 unspecified atom stereocenters. The number of hydrogen-bond donors (Lipinski definition) is 1. The minimum Gasteiger partial charge on any atom is -0.236 e. The van der Waals surface area contributed by atoms with Gasteiger partial charge in [-0.2, -0.15) is 17.4 Å². The van der Waals surface area contributed by atoms with Crippen molar-refractivity contribution in [1.82, 2.24) is 19.0 Å². The predicted molar refractivity (Wildman–Crippen MR) is 96.0 cm³/mol. The lowest BCUT2D eigenvalue weighted by Gasteiger charge is -2.27. The Labute approximate surface area is 148 Å². The van der Waals surface area contributed by atoms with Crippen molar-refractivity contribution in [2.45, 2.75) is 38.1 Å². The van der Waals surface area contributed by atoms with E-state index >= 15 is 0 Å². The Hall–Kier alpha value is -1.83. The van der Waals surface area contributed by atoms with Gasteiger partial charge in [0.25, 0.3) is 10.2 Å². The summed E-state index contributed by atoms with van der Waals surface area (Å²) in [6.45, 7) is 1.22. The van der Waals surface area contributed by atoms with Crippen molar-refractivity contribution in [3.8, 4) is 11.4 Å². The van der Waals surface area contributed by atoms with E-state index in [0.717, 1.165) is 48.9 Å². The highest BCUT2D eigenvalue weighted by Crippen LogP contribution is 2.30. The van der Waals surface area contributed by atoms with Gasteiger partial charge in [-0.3, -0.25) is 0 Å². The fourth-order valence-corrected chi connectivity index (χ4v) is 5.07. The number of hydrogen-bond acceptors (Lipinski definition) is 4. The van der Waals surface area contributed by atoms with Crippen molar-refractivity contribution in [1.29, 1.82) is 0 Å². The van der Waals surface area contributed by atoms with E-state index in [9.17, 15) is 8.42 Å². The van der Waals surface area contributed by atoms with Gasteiger partial charge in [0.05, 0.1) is 6.04 Å². The molecule has 2 aromatic rings. The molecule has 1 atom stereocenters. The monoisotopic (exact) mass is 358 g/mol. The van der Waals surface area contributed by atoms with E-state index in [0.29, 0.717) is 18.9 Å². The highest BCUT2D eigenvalue weighted by Gasteiger charge is 2.31. The Balaban J connectivity index is 1.60. The number of aromatic nitrogens is 2. The van der Waals surface area contributed by atoms with Crippen LogP contribution in [0.2, 0.25) is 0 Å². The van der Waals surface area contributed by atoms with E-state index in [1.165, 1.54) is 0 Å². The van der Waals surface area contributed by atoms with Crippen LogP contribution in [0.3, 0.4) is 0 Å². The maximum absolute atomic E-state index is 12.6. The third-order valence-corrected chi connectivity index (χ3v) is 6.54. The first-order valence-corrected chi connectivity index (χ1v) is 10.3. The van der Waals surface area contributed by atoms with Gasteiger partial charge in [-0.15, -0.1) is 0 Å². The topological polar surface area (TPSA) is 75.2 Å². The number of nitrogens with one attached hydrogen (secondary N) is 1. The molecule has 1 N–H and O–H groups in total. The minimum absolute atomic E-state index is 0.237. The Morgan fingerprint density at radius 2 is 1.84 bits per heavy atom. The van der Waals surface area contributed by atoms with Crippen LogP contribution in [0.5, 0.6) is 0 Å². The average Bonchev–Trinajstić information content (AvgIpc) is 3.18. The molecular formula is C18H22N4O2S. The standard InChI is InChI=1S/C18H22N4O2S/c23-25(24,22-11-4-5-12-22)21-17-10-6-9-16-15(17)13-19-18(20-16)14-7-2-1-3-8-14/h1-3,7-8,13,17,21H,4-6,9-12H2/t17-/m1/s1. The lowest BCUT2D eigenvalue weighted by molar-refractivity contribution is 0.437. The summed E-state index contributed by atoms with van der Waals surface area (Å²) in [4.78, 5) is 9.18. The van der Waals surface area contributed by atoms with Gasteiger partial charge in [0, 0.05) is 36.1 Å². The molecule has 7 heteroatoms. The summed E-state index contributed by atoms with van der Waals surface area (Å²) >= 11 is 0. The minimum atomic E-state index is -3.44. The van der Waals surface area contributed by atoms with Gasteiger partial charge in [-0.05, 0) is 32.1 Å². The van der Waals surface area contributed by atoms with Gasteiger partial charge in [0.2, 0.25) is 0 Å². The Morgan fingerprint density at radius 1 is 1.08 bits per heavy atom. The number of fused-ring (bicyclic) bond motifs is 1. The van der Waals surface area contributed by atoms with Gasteiger partial charge in [0.1, 0.15) is 0 Å². The molecule has 1 aliphatic carbocycles. The second-order valence-electron chi connectivity index (χ2n) is 6.64. The smallest absolute Gasteiger partial charge is 0.236 e. The van der Waals surface area contributed by atoms with E-state index < -0.39 is 10.2 Å². The van der Waals surface area contributed by atoms with E-state index in [-0.39, 0.29) is 6.04 Å². The number of rotatable bonds is 4. The average molecular weight is 358 g/mol. The largest absolute Gasteiger partial charge is 0.280 e. The Morgan fingerprint density at radius 3 is 2.60 bits per heavy atom. The second kappa shape index (κ2) is 6.82. The van der Waals surface area contributed by atoms with E-state index in [1.807, 2.05) is 30.3 Å². The van der Waals surface area contributed by atoms with Gasteiger partial charge in [0.15, 0.2) is 5.82 Å². The molecule has 2 heterocycles. The molecule has 1 aromatic carbocycles. The second-order valence-corrected chi connectivity index (χ2v) is 8.34. The lowest BCUT2D eigenvalue weighted by atomic mass is 9.93. The molecule has 132 valence electrons. The van der Waals surface area contributed by atoms with Crippen LogP contribution in [0.25, 0.3) is 11.4 Å². The van der Waals surface area contributed by atoms with Crippen molar-refractivity contribution < 1.29 is 8.42 Å².